The highest BCUT2D eigenvalue weighted by Gasteiger charge is 2.19. The lowest BCUT2D eigenvalue weighted by atomic mass is 10.1. The van der Waals surface area contributed by atoms with Crippen molar-refractivity contribution in [3.05, 3.63) is 53.1 Å². The minimum atomic E-state index is -0.487. The highest BCUT2D eigenvalue weighted by atomic mass is 35.5. The van der Waals surface area contributed by atoms with E-state index in [-0.39, 0.29) is 0 Å². The van der Waals surface area contributed by atoms with Gasteiger partial charge in [0, 0.05) is 37.1 Å². The van der Waals surface area contributed by atoms with E-state index in [9.17, 15) is 5.11 Å². The number of nitrogens with zero attached hydrogens (tertiary/aromatic N) is 3. The van der Waals surface area contributed by atoms with E-state index in [0.717, 1.165) is 31.0 Å². The second-order valence-electron chi connectivity index (χ2n) is 4.84. The fraction of sp³-hybridized carbons (Fsp3) is 0.357. The van der Waals surface area contributed by atoms with Crippen LogP contribution in [0.2, 0.25) is 5.02 Å². The summed E-state index contributed by atoms with van der Waals surface area (Å²) in [5.74, 6) is 1.06. The number of aromatic nitrogens is 2. The van der Waals surface area contributed by atoms with E-state index in [1.807, 2.05) is 36.7 Å². The summed E-state index contributed by atoms with van der Waals surface area (Å²) in [6, 6.07) is 7.36. The largest absolute Gasteiger partial charge is 0.387 e. The highest BCUT2D eigenvalue weighted by molar-refractivity contribution is 6.30. The first-order valence-corrected chi connectivity index (χ1v) is 6.76. The van der Waals surface area contributed by atoms with Crippen LogP contribution < -0.4 is 0 Å². The molecule has 1 aromatic heterocycles. The molecule has 0 radical (unpaired) electrons. The molecule has 0 aliphatic carbocycles. The number of fused-ring (bicyclic) bond motifs is 1. The van der Waals surface area contributed by atoms with Gasteiger partial charge in [0.2, 0.25) is 0 Å². The van der Waals surface area contributed by atoms with E-state index in [4.69, 9.17) is 11.6 Å². The van der Waals surface area contributed by atoms with Gasteiger partial charge in [0.25, 0.3) is 0 Å². The Kier molecular flexibility index (Phi) is 3.55. The number of β-amino-alcohol motifs (C(OH)–C–C–N with tert-alkyl or cyclic N) is 1. The Bertz CT molecular complexity index is 552. The highest BCUT2D eigenvalue weighted by Crippen LogP contribution is 2.19. The van der Waals surface area contributed by atoms with Gasteiger partial charge in [0.05, 0.1) is 12.6 Å². The summed E-state index contributed by atoms with van der Waals surface area (Å²) >= 11 is 5.85. The first-order valence-electron chi connectivity index (χ1n) is 6.38. The summed E-state index contributed by atoms with van der Waals surface area (Å²) in [5.41, 5.74) is 0.901. The number of hydrogen-bond acceptors (Lipinski definition) is 3. The quantitative estimate of drug-likeness (QED) is 0.934. The number of rotatable bonds is 3. The SMILES string of the molecule is O[C@@H](CN1CCn2ccnc2C1)c1ccc(Cl)cc1. The molecule has 0 unspecified atom stereocenters. The molecule has 0 bridgehead atoms. The number of imidazole rings is 1. The van der Waals surface area contributed by atoms with E-state index >= 15 is 0 Å². The molecule has 2 aromatic rings. The number of aliphatic hydroxyl groups is 1. The van der Waals surface area contributed by atoms with E-state index in [1.54, 1.807) is 0 Å². The van der Waals surface area contributed by atoms with Crippen LogP contribution in [0.4, 0.5) is 0 Å². The molecule has 0 saturated heterocycles. The lowest BCUT2D eigenvalue weighted by molar-refractivity contribution is 0.0963. The molecular formula is C14H16ClN3O. The van der Waals surface area contributed by atoms with Gasteiger partial charge in [-0.15, -0.1) is 0 Å². The van der Waals surface area contributed by atoms with Gasteiger partial charge in [-0.1, -0.05) is 23.7 Å². The molecule has 19 heavy (non-hydrogen) atoms. The predicted octanol–water partition coefficient (Wildman–Crippen LogP) is 2.09. The molecule has 3 rings (SSSR count). The van der Waals surface area contributed by atoms with Gasteiger partial charge in [-0.05, 0) is 17.7 Å². The molecule has 1 aliphatic rings. The average Bonchev–Trinajstić information content (AvgIpc) is 2.87. The molecule has 0 amide bonds. The average molecular weight is 278 g/mol. The van der Waals surface area contributed by atoms with Crippen LogP contribution in [0.5, 0.6) is 0 Å². The molecule has 1 aromatic carbocycles. The molecule has 1 aliphatic heterocycles. The van der Waals surface area contributed by atoms with Crippen LogP contribution in [0.1, 0.15) is 17.5 Å². The molecule has 1 N–H and O–H groups in total. The Labute approximate surface area is 117 Å². The van der Waals surface area contributed by atoms with E-state index in [1.165, 1.54) is 0 Å². The summed E-state index contributed by atoms with van der Waals surface area (Å²) in [7, 11) is 0. The van der Waals surface area contributed by atoms with Crippen LogP contribution in [0.25, 0.3) is 0 Å². The topological polar surface area (TPSA) is 41.3 Å². The molecular weight excluding hydrogens is 262 g/mol. The van der Waals surface area contributed by atoms with Gasteiger partial charge in [0.15, 0.2) is 0 Å². The van der Waals surface area contributed by atoms with Crippen molar-refractivity contribution >= 4 is 11.6 Å². The summed E-state index contributed by atoms with van der Waals surface area (Å²) < 4.78 is 2.16. The Morgan fingerprint density at radius 2 is 2.05 bits per heavy atom. The first-order chi connectivity index (χ1) is 9.22. The zero-order chi connectivity index (χ0) is 13.2. The smallest absolute Gasteiger partial charge is 0.122 e. The molecule has 0 spiro atoms. The molecule has 5 heteroatoms. The maximum atomic E-state index is 10.3. The Morgan fingerprint density at radius 1 is 1.26 bits per heavy atom. The van der Waals surface area contributed by atoms with Crippen molar-refractivity contribution in [3.8, 4) is 0 Å². The van der Waals surface area contributed by atoms with Crippen molar-refractivity contribution in [2.75, 3.05) is 13.1 Å². The number of aliphatic hydroxyl groups excluding tert-OH is 1. The monoisotopic (exact) mass is 277 g/mol. The van der Waals surface area contributed by atoms with Gasteiger partial charge < -0.3 is 9.67 Å². The van der Waals surface area contributed by atoms with E-state index < -0.39 is 6.10 Å². The first kappa shape index (κ1) is 12.7. The van der Waals surface area contributed by atoms with Crippen molar-refractivity contribution in [1.29, 1.82) is 0 Å². The van der Waals surface area contributed by atoms with E-state index in [2.05, 4.69) is 14.5 Å². The molecule has 100 valence electrons. The van der Waals surface area contributed by atoms with E-state index in [0.29, 0.717) is 11.6 Å². The van der Waals surface area contributed by atoms with Gasteiger partial charge in [-0.2, -0.15) is 0 Å². The summed E-state index contributed by atoms with van der Waals surface area (Å²) in [5, 5.41) is 10.9. The molecule has 2 heterocycles. The lowest BCUT2D eigenvalue weighted by Crippen LogP contribution is -2.36. The fourth-order valence-corrected chi connectivity index (χ4v) is 2.54. The van der Waals surface area contributed by atoms with Crippen molar-refractivity contribution in [1.82, 2.24) is 14.5 Å². The van der Waals surface area contributed by atoms with Crippen LogP contribution in [0.3, 0.4) is 0 Å². The maximum Gasteiger partial charge on any atom is 0.122 e. The Morgan fingerprint density at radius 3 is 2.84 bits per heavy atom. The third-order valence-corrected chi connectivity index (χ3v) is 3.76. The van der Waals surface area contributed by atoms with Gasteiger partial charge in [-0.3, -0.25) is 4.90 Å². The van der Waals surface area contributed by atoms with Crippen LogP contribution in [0.15, 0.2) is 36.7 Å². The van der Waals surface area contributed by atoms with Crippen molar-refractivity contribution in [2.45, 2.75) is 19.2 Å². The van der Waals surface area contributed by atoms with Crippen LogP contribution in [-0.2, 0) is 13.1 Å². The van der Waals surface area contributed by atoms with Crippen LogP contribution >= 0.6 is 11.6 Å². The summed E-state index contributed by atoms with van der Waals surface area (Å²) in [6.07, 6.45) is 3.34. The molecule has 1 atom stereocenters. The van der Waals surface area contributed by atoms with Crippen molar-refractivity contribution in [3.63, 3.8) is 0 Å². The molecule has 0 saturated carbocycles. The van der Waals surface area contributed by atoms with Gasteiger partial charge >= 0.3 is 0 Å². The fourth-order valence-electron chi connectivity index (χ4n) is 2.41. The van der Waals surface area contributed by atoms with Crippen LogP contribution in [0, 0.1) is 0 Å². The third-order valence-electron chi connectivity index (χ3n) is 3.51. The number of benzene rings is 1. The van der Waals surface area contributed by atoms with Crippen LogP contribution in [-0.4, -0.2) is 32.6 Å². The predicted molar refractivity (Wildman–Crippen MR) is 73.9 cm³/mol. The zero-order valence-corrected chi connectivity index (χ0v) is 11.3. The summed E-state index contributed by atoms with van der Waals surface area (Å²) in [6.45, 7) is 3.28. The summed E-state index contributed by atoms with van der Waals surface area (Å²) in [4.78, 5) is 6.54. The maximum absolute atomic E-state index is 10.3. The Hall–Kier alpha value is -1.36. The molecule has 4 nitrogen and oxygen atoms in total. The molecule has 0 fully saturated rings. The third kappa shape index (κ3) is 2.81. The van der Waals surface area contributed by atoms with Crippen molar-refractivity contribution < 1.29 is 5.11 Å². The zero-order valence-electron chi connectivity index (χ0n) is 10.5. The van der Waals surface area contributed by atoms with Crippen molar-refractivity contribution in [2.24, 2.45) is 0 Å². The standard InChI is InChI=1S/C14H16ClN3O/c15-12-3-1-11(2-4-12)13(19)9-17-7-8-18-6-5-16-14(18)10-17/h1-6,13,19H,7-10H2/t13-/m0/s1. The normalized spacial score (nSPS) is 17.2. The Balaban J connectivity index is 1.64. The second kappa shape index (κ2) is 5.33. The lowest BCUT2D eigenvalue weighted by Gasteiger charge is -2.29. The van der Waals surface area contributed by atoms with Gasteiger partial charge in [-0.25, -0.2) is 4.98 Å². The second-order valence-corrected chi connectivity index (χ2v) is 5.28. The number of hydrogen-bond donors (Lipinski definition) is 1. The van der Waals surface area contributed by atoms with Gasteiger partial charge in [0.1, 0.15) is 5.82 Å². The number of halogens is 1. The minimum Gasteiger partial charge on any atom is -0.387 e. The minimum absolute atomic E-state index is 0.487.